The van der Waals surface area contributed by atoms with E-state index < -0.39 is 23.7 Å². The molecule has 1 amide bonds. The van der Waals surface area contributed by atoms with Gasteiger partial charge in [-0.15, -0.1) is 0 Å². The predicted molar refractivity (Wildman–Crippen MR) is 95.1 cm³/mol. The van der Waals surface area contributed by atoms with Crippen molar-refractivity contribution in [3.63, 3.8) is 0 Å². The maximum Gasteiger partial charge on any atom is 0.408 e. The number of hydrogen-bond donors (Lipinski definition) is 1. The van der Waals surface area contributed by atoms with Gasteiger partial charge in [0.05, 0.1) is 13.2 Å². The molecular formula is C19H29NO5. The topological polar surface area (TPSA) is 73.9 Å². The Morgan fingerprint density at radius 1 is 1.12 bits per heavy atom. The maximum atomic E-state index is 12.0. The summed E-state index contributed by atoms with van der Waals surface area (Å²) in [4.78, 5) is 23.6. The quantitative estimate of drug-likeness (QED) is 0.574. The highest BCUT2D eigenvalue weighted by molar-refractivity contribution is 5.81. The van der Waals surface area contributed by atoms with Crippen molar-refractivity contribution in [3.8, 4) is 0 Å². The van der Waals surface area contributed by atoms with Crippen LogP contribution in [0.1, 0.15) is 46.6 Å². The van der Waals surface area contributed by atoms with Crippen LogP contribution in [0.4, 0.5) is 4.79 Å². The molecule has 0 heterocycles. The zero-order valence-corrected chi connectivity index (χ0v) is 15.7. The molecule has 0 saturated heterocycles. The molecule has 0 bridgehead atoms. The minimum atomic E-state index is -0.775. The van der Waals surface area contributed by atoms with Gasteiger partial charge >= 0.3 is 12.1 Å². The van der Waals surface area contributed by atoms with E-state index >= 15 is 0 Å². The minimum absolute atomic E-state index is 0.300. The van der Waals surface area contributed by atoms with Crippen LogP contribution in [0.15, 0.2) is 30.3 Å². The molecular weight excluding hydrogens is 322 g/mol. The third kappa shape index (κ3) is 9.72. The summed E-state index contributed by atoms with van der Waals surface area (Å²) in [7, 11) is 0. The van der Waals surface area contributed by atoms with Crippen LogP contribution < -0.4 is 5.32 Å². The van der Waals surface area contributed by atoms with Crippen LogP contribution in [0.5, 0.6) is 0 Å². The molecule has 0 aliphatic rings. The van der Waals surface area contributed by atoms with Gasteiger partial charge in [0.15, 0.2) is 0 Å². The molecule has 0 unspecified atom stereocenters. The van der Waals surface area contributed by atoms with Gasteiger partial charge in [0.1, 0.15) is 17.7 Å². The fourth-order valence-corrected chi connectivity index (χ4v) is 1.92. The van der Waals surface area contributed by atoms with E-state index in [9.17, 15) is 9.59 Å². The predicted octanol–water partition coefficient (Wildman–Crippen LogP) is 3.44. The van der Waals surface area contributed by atoms with E-state index in [4.69, 9.17) is 14.2 Å². The third-order valence-electron chi connectivity index (χ3n) is 3.18. The van der Waals surface area contributed by atoms with E-state index in [2.05, 4.69) is 5.32 Å². The first-order valence-corrected chi connectivity index (χ1v) is 8.49. The van der Waals surface area contributed by atoms with E-state index in [-0.39, 0.29) is 6.10 Å². The summed E-state index contributed by atoms with van der Waals surface area (Å²) in [5.74, 6) is -0.499. The van der Waals surface area contributed by atoms with Gasteiger partial charge in [0.25, 0.3) is 0 Å². The van der Waals surface area contributed by atoms with Crippen molar-refractivity contribution in [2.24, 2.45) is 0 Å². The lowest BCUT2D eigenvalue weighted by Crippen LogP contribution is -2.43. The number of benzene rings is 1. The first kappa shape index (κ1) is 21.0. The average Bonchev–Trinajstić information content (AvgIpc) is 2.50. The van der Waals surface area contributed by atoms with E-state index in [1.807, 2.05) is 30.3 Å². The number of carbonyl (C=O) groups is 2. The van der Waals surface area contributed by atoms with Gasteiger partial charge in [-0.1, -0.05) is 30.3 Å². The average molecular weight is 351 g/mol. The van der Waals surface area contributed by atoms with Crippen molar-refractivity contribution in [1.29, 1.82) is 0 Å². The molecule has 1 N–H and O–H groups in total. The van der Waals surface area contributed by atoms with Gasteiger partial charge in [-0.3, -0.25) is 0 Å². The van der Waals surface area contributed by atoms with E-state index in [0.717, 1.165) is 5.56 Å². The maximum absolute atomic E-state index is 12.0. The van der Waals surface area contributed by atoms with Crippen molar-refractivity contribution >= 4 is 12.1 Å². The highest BCUT2D eigenvalue weighted by Gasteiger charge is 2.23. The Morgan fingerprint density at radius 3 is 2.36 bits per heavy atom. The number of hydrogen-bond acceptors (Lipinski definition) is 5. The Bertz CT molecular complexity index is 538. The summed E-state index contributed by atoms with van der Waals surface area (Å²) in [6, 6.07) is 9.09. The Morgan fingerprint density at radius 2 is 1.76 bits per heavy atom. The van der Waals surface area contributed by atoms with Gasteiger partial charge in [0.2, 0.25) is 0 Å². The Labute approximate surface area is 149 Å². The monoisotopic (exact) mass is 351 g/mol. The molecule has 0 fully saturated rings. The van der Waals surface area contributed by atoms with Gasteiger partial charge in [-0.2, -0.15) is 0 Å². The van der Waals surface area contributed by atoms with Gasteiger partial charge in [-0.05, 0) is 40.2 Å². The molecule has 0 aliphatic heterocycles. The molecule has 0 radical (unpaired) electrons. The Balaban J connectivity index is 2.23. The molecule has 0 spiro atoms. The van der Waals surface area contributed by atoms with Gasteiger partial charge in [0, 0.05) is 6.42 Å². The van der Waals surface area contributed by atoms with E-state index in [1.165, 1.54) is 0 Å². The second kappa shape index (κ2) is 10.0. The number of nitrogens with one attached hydrogen (secondary N) is 1. The second-order valence-electron chi connectivity index (χ2n) is 6.94. The SMILES string of the molecule is C[C@H](NC(=O)OC(C)(C)C)C(=O)O[C@@H](C)CCOCc1ccccc1. The summed E-state index contributed by atoms with van der Waals surface area (Å²) in [5.41, 5.74) is 0.485. The van der Waals surface area contributed by atoms with Crippen LogP contribution in [0.2, 0.25) is 0 Å². The zero-order chi connectivity index (χ0) is 18.9. The van der Waals surface area contributed by atoms with Crippen molar-refractivity contribution in [3.05, 3.63) is 35.9 Å². The fourth-order valence-electron chi connectivity index (χ4n) is 1.92. The number of amides is 1. The molecule has 1 aromatic carbocycles. The van der Waals surface area contributed by atoms with Crippen molar-refractivity contribution in [2.75, 3.05) is 6.61 Å². The summed E-state index contributed by atoms with van der Waals surface area (Å²) < 4.78 is 16.0. The number of alkyl carbamates (subject to hydrolysis) is 1. The molecule has 0 saturated carbocycles. The third-order valence-corrected chi connectivity index (χ3v) is 3.18. The Hall–Kier alpha value is -2.08. The van der Waals surface area contributed by atoms with Crippen LogP contribution in [-0.2, 0) is 25.6 Å². The zero-order valence-electron chi connectivity index (χ0n) is 15.7. The van der Waals surface area contributed by atoms with Crippen LogP contribution in [0, 0.1) is 0 Å². The molecule has 0 aliphatic carbocycles. The normalized spacial score (nSPS) is 13.6. The standard InChI is InChI=1S/C19H29NO5/c1-14(11-12-23-13-16-9-7-6-8-10-16)24-17(21)15(2)20-18(22)25-19(3,4)5/h6-10,14-15H,11-13H2,1-5H3,(H,20,22)/t14-,15-/m0/s1. The van der Waals surface area contributed by atoms with Crippen LogP contribution >= 0.6 is 0 Å². The van der Waals surface area contributed by atoms with Crippen LogP contribution in [0.25, 0.3) is 0 Å². The van der Waals surface area contributed by atoms with Crippen LogP contribution in [-0.4, -0.2) is 36.4 Å². The number of esters is 1. The molecule has 1 rings (SSSR count). The highest BCUT2D eigenvalue weighted by Crippen LogP contribution is 2.08. The molecule has 0 aromatic heterocycles. The second-order valence-corrected chi connectivity index (χ2v) is 6.94. The largest absolute Gasteiger partial charge is 0.461 e. The first-order valence-electron chi connectivity index (χ1n) is 8.49. The number of ether oxygens (including phenoxy) is 3. The molecule has 25 heavy (non-hydrogen) atoms. The number of carbonyl (C=O) groups excluding carboxylic acids is 2. The van der Waals surface area contributed by atoms with E-state index in [1.54, 1.807) is 34.6 Å². The molecule has 6 heteroatoms. The first-order chi connectivity index (χ1) is 11.7. The molecule has 140 valence electrons. The Kier molecular flexibility index (Phi) is 8.41. The van der Waals surface area contributed by atoms with Gasteiger partial charge in [-0.25, -0.2) is 9.59 Å². The lowest BCUT2D eigenvalue weighted by molar-refractivity contribution is -0.151. The minimum Gasteiger partial charge on any atom is -0.461 e. The fraction of sp³-hybridized carbons (Fsp3) is 0.579. The summed E-state index contributed by atoms with van der Waals surface area (Å²) in [6.07, 6.45) is -0.362. The summed E-state index contributed by atoms with van der Waals surface area (Å²) in [5, 5.41) is 2.46. The van der Waals surface area contributed by atoms with Crippen LogP contribution in [0.3, 0.4) is 0 Å². The van der Waals surface area contributed by atoms with Crippen molar-refractivity contribution in [2.45, 2.75) is 65.4 Å². The van der Waals surface area contributed by atoms with E-state index in [0.29, 0.717) is 19.6 Å². The number of rotatable bonds is 8. The summed E-state index contributed by atoms with van der Waals surface area (Å²) in [6.45, 7) is 9.64. The van der Waals surface area contributed by atoms with Crippen molar-refractivity contribution < 1.29 is 23.8 Å². The molecule has 1 aromatic rings. The molecule has 2 atom stereocenters. The van der Waals surface area contributed by atoms with Gasteiger partial charge < -0.3 is 19.5 Å². The lowest BCUT2D eigenvalue weighted by Gasteiger charge is -2.22. The lowest BCUT2D eigenvalue weighted by atomic mass is 10.2. The summed E-state index contributed by atoms with van der Waals surface area (Å²) >= 11 is 0. The van der Waals surface area contributed by atoms with Crippen molar-refractivity contribution in [1.82, 2.24) is 5.32 Å². The smallest absolute Gasteiger partial charge is 0.408 e. The molecule has 6 nitrogen and oxygen atoms in total. The highest BCUT2D eigenvalue weighted by atomic mass is 16.6.